The third-order valence-electron chi connectivity index (χ3n) is 2.00. The Morgan fingerprint density at radius 3 is 2.75 bits per heavy atom. The quantitative estimate of drug-likeness (QED) is 0.774. The average Bonchev–Trinajstić information content (AvgIpc) is 2.37. The van der Waals surface area contributed by atoms with Crippen molar-refractivity contribution in [2.75, 3.05) is 18.5 Å². The number of nitrogens with one attached hydrogen (secondary N) is 1. The molecule has 1 heterocycles. The van der Waals surface area contributed by atoms with E-state index >= 15 is 0 Å². The maximum absolute atomic E-state index is 5.52. The largest absolute Gasteiger partial charge is 0.492 e. The smallest absolute Gasteiger partial charge is 0.129 e. The number of benzene rings is 1. The van der Waals surface area contributed by atoms with Crippen LogP contribution in [0.25, 0.3) is 0 Å². The van der Waals surface area contributed by atoms with Crippen molar-refractivity contribution >= 4 is 5.82 Å². The number of para-hydroxylation sites is 1. The van der Waals surface area contributed by atoms with Gasteiger partial charge in [-0.1, -0.05) is 18.2 Å². The van der Waals surface area contributed by atoms with E-state index in [2.05, 4.69) is 15.3 Å². The Morgan fingerprint density at radius 1 is 1.12 bits per heavy atom. The molecule has 1 N–H and O–H groups in total. The van der Waals surface area contributed by atoms with Crippen molar-refractivity contribution in [3.05, 3.63) is 48.9 Å². The molecule has 0 saturated heterocycles. The molecule has 0 saturated carbocycles. The zero-order valence-electron chi connectivity index (χ0n) is 8.84. The third kappa shape index (κ3) is 3.24. The Morgan fingerprint density at radius 2 is 2.00 bits per heavy atom. The van der Waals surface area contributed by atoms with Crippen LogP contribution in [0.4, 0.5) is 5.82 Å². The number of ether oxygens (including phenoxy) is 1. The molecule has 2 aromatic rings. The molecule has 4 heteroatoms. The van der Waals surface area contributed by atoms with E-state index in [-0.39, 0.29) is 0 Å². The van der Waals surface area contributed by atoms with Crippen molar-refractivity contribution in [1.29, 1.82) is 0 Å². The lowest BCUT2D eigenvalue weighted by atomic mass is 10.3. The van der Waals surface area contributed by atoms with Crippen molar-refractivity contribution in [3.8, 4) is 5.75 Å². The summed E-state index contributed by atoms with van der Waals surface area (Å²) in [5.74, 6) is 1.69. The van der Waals surface area contributed by atoms with Crippen molar-refractivity contribution in [2.45, 2.75) is 0 Å². The molecule has 16 heavy (non-hydrogen) atoms. The van der Waals surface area contributed by atoms with Gasteiger partial charge in [-0.3, -0.25) is 0 Å². The maximum Gasteiger partial charge on any atom is 0.129 e. The zero-order chi connectivity index (χ0) is 11.1. The highest BCUT2D eigenvalue weighted by molar-refractivity contribution is 5.31. The average molecular weight is 215 g/mol. The lowest BCUT2D eigenvalue weighted by Crippen LogP contribution is -2.12. The third-order valence-corrected chi connectivity index (χ3v) is 2.00. The first-order valence-electron chi connectivity index (χ1n) is 5.13. The predicted octanol–water partition coefficient (Wildman–Crippen LogP) is 1.97. The van der Waals surface area contributed by atoms with E-state index in [9.17, 15) is 0 Å². The van der Waals surface area contributed by atoms with Gasteiger partial charge in [0, 0.05) is 6.20 Å². The van der Waals surface area contributed by atoms with Crippen molar-refractivity contribution in [1.82, 2.24) is 9.97 Å². The number of hydrogen-bond donors (Lipinski definition) is 1. The second-order valence-corrected chi connectivity index (χ2v) is 3.18. The molecule has 2 rings (SSSR count). The van der Waals surface area contributed by atoms with Gasteiger partial charge in [-0.15, -0.1) is 0 Å². The Balaban J connectivity index is 1.70. The summed E-state index contributed by atoms with van der Waals surface area (Å²) in [5.41, 5.74) is 0. The second-order valence-electron chi connectivity index (χ2n) is 3.18. The van der Waals surface area contributed by atoms with Gasteiger partial charge in [0.05, 0.1) is 6.54 Å². The van der Waals surface area contributed by atoms with Gasteiger partial charge >= 0.3 is 0 Å². The Kier molecular flexibility index (Phi) is 3.71. The molecule has 0 fully saturated rings. The normalized spacial score (nSPS) is 9.75. The summed E-state index contributed by atoms with van der Waals surface area (Å²) in [7, 11) is 0. The van der Waals surface area contributed by atoms with Crippen LogP contribution in [0.15, 0.2) is 48.9 Å². The van der Waals surface area contributed by atoms with E-state index in [1.807, 2.05) is 36.4 Å². The van der Waals surface area contributed by atoms with E-state index in [1.54, 1.807) is 6.20 Å². The van der Waals surface area contributed by atoms with Gasteiger partial charge in [-0.2, -0.15) is 0 Å². The van der Waals surface area contributed by atoms with Gasteiger partial charge in [-0.05, 0) is 18.2 Å². The molecular weight excluding hydrogens is 202 g/mol. The van der Waals surface area contributed by atoms with Gasteiger partial charge < -0.3 is 10.1 Å². The summed E-state index contributed by atoms with van der Waals surface area (Å²) in [6.45, 7) is 1.32. The summed E-state index contributed by atoms with van der Waals surface area (Å²) in [6, 6.07) is 11.6. The Hall–Kier alpha value is -2.10. The van der Waals surface area contributed by atoms with Crippen molar-refractivity contribution in [2.24, 2.45) is 0 Å². The van der Waals surface area contributed by atoms with Crippen LogP contribution >= 0.6 is 0 Å². The van der Waals surface area contributed by atoms with Gasteiger partial charge in [0.2, 0.25) is 0 Å². The minimum absolute atomic E-state index is 0.605. The lowest BCUT2D eigenvalue weighted by molar-refractivity contribution is 0.333. The fourth-order valence-corrected chi connectivity index (χ4v) is 1.26. The Bertz CT molecular complexity index is 364. The van der Waals surface area contributed by atoms with E-state index in [1.165, 1.54) is 6.33 Å². The van der Waals surface area contributed by atoms with Crippen LogP contribution in [0, 0.1) is 0 Å². The van der Waals surface area contributed by atoms with Crippen LogP contribution in [0.1, 0.15) is 0 Å². The zero-order valence-corrected chi connectivity index (χ0v) is 8.84. The molecule has 82 valence electrons. The molecule has 0 aliphatic rings. The highest BCUT2D eigenvalue weighted by Crippen LogP contribution is 2.07. The van der Waals surface area contributed by atoms with Crippen LogP contribution < -0.4 is 10.1 Å². The molecule has 0 atom stereocenters. The molecule has 4 nitrogen and oxygen atoms in total. The van der Waals surface area contributed by atoms with E-state index in [0.717, 1.165) is 11.6 Å². The van der Waals surface area contributed by atoms with Crippen LogP contribution in [0.5, 0.6) is 5.75 Å². The molecule has 0 amide bonds. The maximum atomic E-state index is 5.52. The fourth-order valence-electron chi connectivity index (χ4n) is 1.26. The number of rotatable bonds is 5. The number of nitrogens with zero attached hydrogens (tertiary/aromatic N) is 2. The molecule has 0 bridgehead atoms. The molecule has 0 radical (unpaired) electrons. The molecule has 0 aliphatic carbocycles. The molecule has 0 spiro atoms. The first-order valence-corrected chi connectivity index (χ1v) is 5.13. The molecule has 1 aromatic carbocycles. The summed E-state index contributed by atoms with van der Waals surface area (Å²) in [6.07, 6.45) is 3.22. The minimum Gasteiger partial charge on any atom is -0.492 e. The Labute approximate surface area is 94.3 Å². The van der Waals surface area contributed by atoms with E-state index in [4.69, 9.17) is 4.74 Å². The van der Waals surface area contributed by atoms with Gasteiger partial charge in [0.1, 0.15) is 24.5 Å². The predicted molar refractivity (Wildman–Crippen MR) is 62.5 cm³/mol. The SMILES string of the molecule is c1ccc(OCCNc2ccncn2)cc1. The summed E-state index contributed by atoms with van der Waals surface area (Å²) in [5, 5.41) is 3.14. The molecule has 0 aliphatic heterocycles. The van der Waals surface area contributed by atoms with Crippen LogP contribution in [-0.4, -0.2) is 23.1 Å². The summed E-state index contributed by atoms with van der Waals surface area (Å²) in [4.78, 5) is 7.88. The topological polar surface area (TPSA) is 47.0 Å². The van der Waals surface area contributed by atoms with Gasteiger partial charge in [0.25, 0.3) is 0 Å². The first-order chi connectivity index (χ1) is 7.95. The van der Waals surface area contributed by atoms with Gasteiger partial charge in [-0.25, -0.2) is 9.97 Å². The van der Waals surface area contributed by atoms with Crippen molar-refractivity contribution < 1.29 is 4.74 Å². The summed E-state index contributed by atoms with van der Waals surface area (Å²) < 4.78 is 5.52. The van der Waals surface area contributed by atoms with Gasteiger partial charge in [0.15, 0.2) is 0 Å². The van der Waals surface area contributed by atoms with Crippen LogP contribution in [-0.2, 0) is 0 Å². The van der Waals surface area contributed by atoms with Crippen LogP contribution in [0.3, 0.4) is 0 Å². The second kappa shape index (κ2) is 5.70. The monoisotopic (exact) mass is 215 g/mol. The lowest BCUT2D eigenvalue weighted by Gasteiger charge is -2.07. The number of anilines is 1. The highest BCUT2D eigenvalue weighted by Gasteiger charge is 1.93. The molecular formula is C12H13N3O. The molecule has 1 aromatic heterocycles. The standard InChI is InChI=1S/C12H13N3O/c1-2-4-11(5-3-1)16-9-8-14-12-6-7-13-10-15-12/h1-7,10H,8-9H2,(H,13,14,15). The van der Waals surface area contributed by atoms with E-state index in [0.29, 0.717) is 13.2 Å². The number of hydrogen-bond acceptors (Lipinski definition) is 4. The minimum atomic E-state index is 0.605. The first kappa shape index (κ1) is 10.4. The highest BCUT2D eigenvalue weighted by atomic mass is 16.5. The van der Waals surface area contributed by atoms with Crippen LogP contribution in [0.2, 0.25) is 0 Å². The van der Waals surface area contributed by atoms with E-state index < -0.39 is 0 Å². The molecule has 0 unspecified atom stereocenters. The summed E-state index contributed by atoms with van der Waals surface area (Å²) >= 11 is 0. The van der Waals surface area contributed by atoms with Crippen molar-refractivity contribution in [3.63, 3.8) is 0 Å². The number of aromatic nitrogens is 2. The fraction of sp³-hybridized carbons (Fsp3) is 0.167.